The molecule has 0 unspecified atom stereocenters. The van der Waals surface area contributed by atoms with Crippen LogP contribution in [0.1, 0.15) is 28.5 Å². The maximum atomic E-state index is 13.3. The number of benzene rings is 2. The molecule has 33 heavy (non-hydrogen) atoms. The Morgan fingerprint density at radius 2 is 2.06 bits per heavy atom. The van der Waals surface area contributed by atoms with Crippen LogP contribution in [0.2, 0.25) is 10.0 Å². The third kappa shape index (κ3) is 4.47. The Morgan fingerprint density at radius 3 is 2.79 bits per heavy atom. The average molecular weight is 486 g/mol. The molecule has 2 heterocycles. The van der Waals surface area contributed by atoms with Crippen LogP contribution in [-0.4, -0.2) is 39.9 Å². The fourth-order valence-corrected chi connectivity index (χ4v) is 4.31. The second kappa shape index (κ2) is 9.29. The summed E-state index contributed by atoms with van der Waals surface area (Å²) < 4.78 is 6.87. The SMILES string of the molecule is CCOc1cc(C(=O)N(C)Cc2c[n+](O)c(C)c3cn[nH]c23)cc(Cl)c1-c1cccc(Cl)c1. The number of halogens is 2. The molecule has 0 saturated carbocycles. The lowest BCUT2D eigenvalue weighted by atomic mass is 10.0. The van der Waals surface area contributed by atoms with Crippen molar-refractivity contribution in [2.45, 2.75) is 20.4 Å². The summed E-state index contributed by atoms with van der Waals surface area (Å²) in [7, 11) is 1.69. The van der Waals surface area contributed by atoms with Crippen LogP contribution in [0, 0.1) is 6.92 Å². The van der Waals surface area contributed by atoms with Gasteiger partial charge in [0, 0.05) is 34.9 Å². The first-order valence-electron chi connectivity index (χ1n) is 10.3. The van der Waals surface area contributed by atoms with Gasteiger partial charge in [0.25, 0.3) is 5.91 Å². The molecule has 170 valence electrons. The largest absolute Gasteiger partial charge is 0.493 e. The van der Waals surface area contributed by atoms with E-state index in [1.165, 1.54) is 0 Å². The minimum absolute atomic E-state index is 0.242. The lowest BCUT2D eigenvalue weighted by Crippen LogP contribution is -2.35. The van der Waals surface area contributed by atoms with Crippen molar-refractivity contribution >= 4 is 40.0 Å². The van der Waals surface area contributed by atoms with Crippen molar-refractivity contribution in [1.29, 1.82) is 0 Å². The van der Waals surface area contributed by atoms with Crippen molar-refractivity contribution in [1.82, 2.24) is 15.1 Å². The number of pyridine rings is 1. The molecule has 0 spiro atoms. The molecule has 9 heteroatoms. The Bertz CT molecular complexity index is 1350. The van der Waals surface area contributed by atoms with Crippen LogP contribution in [0.5, 0.6) is 5.75 Å². The van der Waals surface area contributed by atoms with Crippen molar-refractivity contribution < 1.29 is 19.5 Å². The lowest BCUT2D eigenvalue weighted by Gasteiger charge is -2.19. The number of nitrogens with zero attached hydrogens (tertiary/aromatic N) is 3. The van der Waals surface area contributed by atoms with Gasteiger partial charge in [0.1, 0.15) is 5.75 Å². The number of carbonyl (C=O) groups excluding carboxylic acids is 1. The summed E-state index contributed by atoms with van der Waals surface area (Å²) in [5.41, 5.74) is 4.01. The van der Waals surface area contributed by atoms with Crippen molar-refractivity contribution in [3.05, 3.63) is 75.7 Å². The Labute approximate surface area is 201 Å². The fraction of sp³-hybridized carbons (Fsp3) is 0.208. The molecule has 0 saturated heterocycles. The topological polar surface area (TPSA) is 82.3 Å². The Morgan fingerprint density at radius 1 is 1.27 bits per heavy atom. The van der Waals surface area contributed by atoms with Gasteiger partial charge in [-0.05, 0) is 36.8 Å². The standard InChI is InChI=1S/C24H22Cl2N4O3/c1-4-33-21-10-16(9-20(26)22(21)15-6-5-7-18(25)8-15)24(31)29(3)12-17-13-30(32)14(2)19-11-27-28-23(17)19/h5-11,13,32H,4,12H2,1-3H3/p+1. The predicted molar refractivity (Wildman–Crippen MR) is 127 cm³/mol. The zero-order chi connectivity index (χ0) is 23.7. The van der Waals surface area contributed by atoms with Gasteiger partial charge in [0.15, 0.2) is 0 Å². The van der Waals surface area contributed by atoms with Gasteiger partial charge in [-0.15, -0.1) is 0 Å². The molecule has 0 aliphatic rings. The van der Waals surface area contributed by atoms with E-state index in [4.69, 9.17) is 27.9 Å². The molecule has 2 N–H and O–H groups in total. The Balaban J connectivity index is 1.68. The van der Waals surface area contributed by atoms with Gasteiger partial charge in [-0.2, -0.15) is 5.10 Å². The molecule has 0 fully saturated rings. The van der Waals surface area contributed by atoms with Crippen LogP contribution in [0.3, 0.4) is 0 Å². The highest BCUT2D eigenvalue weighted by Gasteiger charge is 2.22. The Kier molecular flexibility index (Phi) is 6.44. The van der Waals surface area contributed by atoms with Crippen LogP contribution in [-0.2, 0) is 6.54 Å². The first kappa shape index (κ1) is 22.9. The van der Waals surface area contributed by atoms with E-state index in [1.807, 2.05) is 19.1 Å². The van der Waals surface area contributed by atoms with Crippen LogP contribution in [0.15, 0.2) is 48.8 Å². The number of rotatable bonds is 6. The summed E-state index contributed by atoms with van der Waals surface area (Å²) in [6, 6.07) is 10.6. The molecule has 0 radical (unpaired) electrons. The zero-order valence-corrected chi connectivity index (χ0v) is 19.9. The normalized spacial score (nSPS) is 11.1. The second-order valence-electron chi connectivity index (χ2n) is 7.68. The summed E-state index contributed by atoms with van der Waals surface area (Å²) in [6.45, 7) is 4.31. The molecule has 0 aliphatic heterocycles. The third-order valence-electron chi connectivity index (χ3n) is 5.44. The number of aromatic nitrogens is 3. The summed E-state index contributed by atoms with van der Waals surface area (Å²) in [5.74, 6) is 0.261. The molecule has 7 nitrogen and oxygen atoms in total. The fourth-order valence-electron chi connectivity index (χ4n) is 3.80. The van der Waals surface area contributed by atoms with Crippen molar-refractivity contribution in [2.24, 2.45) is 0 Å². The predicted octanol–water partition coefficient (Wildman–Crippen LogP) is 5.04. The van der Waals surface area contributed by atoms with Crippen LogP contribution < -0.4 is 9.47 Å². The van der Waals surface area contributed by atoms with Gasteiger partial charge in [-0.25, -0.2) is 0 Å². The van der Waals surface area contributed by atoms with Gasteiger partial charge in [0.05, 0.1) is 40.8 Å². The van der Waals surface area contributed by atoms with E-state index in [-0.39, 0.29) is 12.5 Å². The van der Waals surface area contributed by atoms with Crippen molar-refractivity contribution in [3.8, 4) is 16.9 Å². The van der Waals surface area contributed by atoms with Gasteiger partial charge >= 0.3 is 0 Å². The molecule has 4 aromatic rings. The van der Waals surface area contributed by atoms with Crippen LogP contribution in [0.4, 0.5) is 0 Å². The summed E-state index contributed by atoms with van der Waals surface area (Å²) in [4.78, 5) is 14.8. The Hall–Kier alpha value is -3.29. The highest BCUT2D eigenvalue weighted by Crippen LogP contribution is 2.39. The third-order valence-corrected chi connectivity index (χ3v) is 5.97. The summed E-state index contributed by atoms with van der Waals surface area (Å²) in [6.07, 6.45) is 3.21. The molecular formula is C24H23Cl2N4O3+. The first-order valence-corrected chi connectivity index (χ1v) is 11.1. The number of aromatic amines is 1. The van der Waals surface area contributed by atoms with E-state index in [1.54, 1.807) is 55.5 Å². The highest BCUT2D eigenvalue weighted by molar-refractivity contribution is 6.34. The van der Waals surface area contributed by atoms with Crippen LogP contribution in [0.25, 0.3) is 22.0 Å². The van der Waals surface area contributed by atoms with Crippen molar-refractivity contribution in [3.63, 3.8) is 0 Å². The maximum absolute atomic E-state index is 13.3. The van der Waals surface area contributed by atoms with E-state index >= 15 is 0 Å². The summed E-state index contributed by atoms with van der Waals surface area (Å²) in [5, 5.41) is 19.0. The smallest absolute Gasteiger partial charge is 0.254 e. The number of hydrogen-bond acceptors (Lipinski definition) is 4. The second-order valence-corrected chi connectivity index (χ2v) is 8.52. The number of nitrogens with one attached hydrogen (secondary N) is 1. The van der Waals surface area contributed by atoms with Gasteiger partial charge in [0.2, 0.25) is 11.9 Å². The number of ether oxygens (including phenoxy) is 1. The van der Waals surface area contributed by atoms with Crippen LogP contribution >= 0.6 is 23.2 Å². The quantitative estimate of drug-likeness (QED) is 0.296. The molecule has 0 aliphatic carbocycles. The van der Waals surface area contributed by atoms with Crippen molar-refractivity contribution in [2.75, 3.05) is 13.7 Å². The number of H-pyrrole nitrogens is 1. The summed E-state index contributed by atoms with van der Waals surface area (Å²) >= 11 is 12.8. The van der Waals surface area contributed by atoms with Gasteiger partial charge < -0.3 is 9.64 Å². The van der Waals surface area contributed by atoms with E-state index in [9.17, 15) is 10.0 Å². The first-order chi connectivity index (χ1) is 15.8. The zero-order valence-electron chi connectivity index (χ0n) is 18.4. The number of hydrogen-bond donors (Lipinski definition) is 2. The molecule has 2 aromatic heterocycles. The molecule has 2 aromatic carbocycles. The number of amides is 1. The van der Waals surface area contributed by atoms with E-state index in [0.717, 1.165) is 26.8 Å². The monoisotopic (exact) mass is 485 g/mol. The molecular weight excluding hydrogens is 463 g/mol. The number of carbonyl (C=O) groups is 1. The minimum atomic E-state index is -0.242. The molecule has 1 amide bonds. The number of fused-ring (bicyclic) bond motifs is 1. The molecule has 0 bridgehead atoms. The number of aryl methyl sites for hydroxylation is 1. The van der Waals surface area contributed by atoms with Gasteiger partial charge in [-0.1, -0.05) is 35.3 Å². The minimum Gasteiger partial charge on any atom is -0.493 e. The molecule has 0 atom stereocenters. The van der Waals surface area contributed by atoms with Gasteiger partial charge in [-0.3, -0.25) is 15.1 Å². The lowest BCUT2D eigenvalue weighted by molar-refractivity contribution is -0.908. The van der Waals surface area contributed by atoms with E-state index < -0.39 is 0 Å². The van der Waals surface area contributed by atoms with E-state index in [0.29, 0.717) is 39.2 Å². The average Bonchev–Trinajstić information content (AvgIpc) is 3.27. The van der Waals surface area contributed by atoms with E-state index in [2.05, 4.69) is 10.2 Å². The highest BCUT2D eigenvalue weighted by atomic mass is 35.5. The molecule has 4 rings (SSSR count). The maximum Gasteiger partial charge on any atom is 0.254 e.